The SMILES string of the molecule is CCc1nnsc1C(=O)N(C)[C@@H]1CCC[C@@H](OC)[C@@H]1O. The van der Waals surface area contributed by atoms with Crippen LogP contribution < -0.4 is 0 Å². The van der Waals surface area contributed by atoms with Gasteiger partial charge in [-0.05, 0) is 37.2 Å². The quantitative estimate of drug-likeness (QED) is 0.901. The van der Waals surface area contributed by atoms with Crippen molar-refractivity contribution < 1.29 is 14.6 Å². The van der Waals surface area contributed by atoms with E-state index in [0.717, 1.165) is 36.5 Å². The zero-order valence-electron chi connectivity index (χ0n) is 12.1. The first kappa shape index (κ1) is 15.3. The molecular weight excluding hydrogens is 278 g/mol. The van der Waals surface area contributed by atoms with Gasteiger partial charge in [0.2, 0.25) is 0 Å². The number of likely N-dealkylation sites (N-methyl/N-ethyl adjacent to an activating group) is 1. The summed E-state index contributed by atoms with van der Waals surface area (Å²) in [5, 5.41) is 14.3. The molecule has 1 aliphatic carbocycles. The minimum absolute atomic E-state index is 0.113. The Hall–Kier alpha value is -1.05. The van der Waals surface area contributed by atoms with Gasteiger partial charge in [0.05, 0.1) is 17.8 Å². The molecule has 7 heteroatoms. The molecule has 0 radical (unpaired) electrons. The average Bonchev–Trinajstić information content (AvgIpc) is 2.94. The van der Waals surface area contributed by atoms with Gasteiger partial charge in [-0.15, -0.1) is 5.10 Å². The number of hydrogen-bond donors (Lipinski definition) is 1. The second-order valence-electron chi connectivity index (χ2n) is 5.08. The van der Waals surface area contributed by atoms with E-state index in [-0.39, 0.29) is 18.1 Å². The fraction of sp³-hybridized carbons (Fsp3) is 0.769. The smallest absolute Gasteiger partial charge is 0.267 e. The van der Waals surface area contributed by atoms with E-state index >= 15 is 0 Å². The van der Waals surface area contributed by atoms with Crippen LogP contribution in [0, 0.1) is 0 Å². The Kier molecular flexibility index (Phi) is 5.06. The van der Waals surface area contributed by atoms with Gasteiger partial charge in [0.25, 0.3) is 5.91 Å². The van der Waals surface area contributed by atoms with Crippen LogP contribution in [0.5, 0.6) is 0 Å². The fourth-order valence-corrected chi connectivity index (χ4v) is 3.44. The van der Waals surface area contributed by atoms with Gasteiger partial charge in [-0.2, -0.15) is 0 Å². The molecule has 1 amide bonds. The first-order valence-corrected chi connectivity index (χ1v) is 7.66. The maximum absolute atomic E-state index is 12.5. The highest BCUT2D eigenvalue weighted by atomic mass is 32.1. The molecule has 0 aliphatic heterocycles. The van der Waals surface area contributed by atoms with Crippen LogP contribution in [0.25, 0.3) is 0 Å². The van der Waals surface area contributed by atoms with Crippen molar-refractivity contribution in [3.05, 3.63) is 10.6 Å². The second kappa shape index (κ2) is 6.60. The number of aliphatic hydroxyl groups excluding tert-OH is 1. The lowest BCUT2D eigenvalue weighted by molar-refractivity contribution is -0.0714. The van der Waals surface area contributed by atoms with Crippen LogP contribution in [0.1, 0.15) is 41.6 Å². The Balaban J connectivity index is 2.14. The molecular formula is C13H21N3O3S. The van der Waals surface area contributed by atoms with Crippen molar-refractivity contribution in [2.24, 2.45) is 0 Å². The first-order valence-electron chi connectivity index (χ1n) is 6.89. The first-order chi connectivity index (χ1) is 9.60. The number of aromatic nitrogens is 2. The maximum atomic E-state index is 12.5. The highest BCUT2D eigenvalue weighted by Crippen LogP contribution is 2.26. The van der Waals surface area contributed by atoms with E-state index in [9.17, 15) is 9.90 Å². The van der Waals surface area contributed by atoms with E-state index < -0.39 is 6.10 Å². The van der Waals surface area contributed by atoms with E-state index in [1.165, 1.54) is 0 Å². The molecule has 20 heavy (non-hydrogen) atoms. The van der Waals surface area contributed by atoms with Gasteiger partial charge >= 0.3 is 0 Å². The zero-order valence-corrected chi connectivity index (χ0v) is 12.9. The lowest BCUT2D eigenvalue weighted by Crippen LogP contribution is -2.52. The standard InChI is InChI=1S/C13H21N3O3S/c1-4-8-12(20-15-14-8)13(18)16(2)9-6-5-7-10(19-3)11(9)17/h9-11,17H,4-7H2,1-3H3/t9-,10-,11-/m1/s1. The third-order valence-electron chi connectivity index (χ3n) is 3.97. The number of nitrogens with zero attached hydrogens (tertiary/aromatic N) is 3. The van der Waals surface area contributed by atoms with Crippen molar-refractivity contribution in [1.29, 1.82) is 0 Å². The molecule has 3 atom stereocenters. The van der Waals surface area contributed by atoms with Gasteiger partial charge in [-0.25, -0.2) is 0 Å². The van der Waals surface area contributed by atoms with Crippen LogP contribution in [-0.2, 0) is 11.2 Å². The van der Waals surface area contributed by atoms with Gasteiger partial charge < -0.3 is 14.7 Å². The Morgan fingerprint density at radius 3 is 2.95 bits per heavy atom. The molecule has 0 saturated heterocycles. The average molecular weight is 299 g/mol. The number of carbonyl (C=O) groups excluding carboxylic acids is 1. The molecule has 112 valence electrons. The van der Waals surface area contributed by atoms with E-state index in [2.05, 4.69) is 9.59 Å². The normalized spacial score (nSPS) is 26.5. The van der Waals surface area contributed by atoms with Crippen LogP contribution in [0.4, 0.5) is 0 Å². The van der Waals surface area contributed by atoms with E-state index in [0.29, 0.717) is 11.3 Å². The van der Waals surface area contributed by atoms with Crippen LogP contribution >= 0.6 is 11.5 Å². The molecule has 1 fully saturated rings. The predicted molar refractivity (Wildman–Crippen MR) is 75.8 cm³/mol. The van der Waals surface area contributed by atoms with E-state index in [1.807, 2.05) is 6.92 Å². The zero-order chi connectivity index (χ0) is 14.7. The molecule has 0 aromatic carbocycles. The Morgan fingerprint density at radius 2 is 2.30 bits per heavy atom. The Morgan fingerprint density at radius 1 is 1.55 bits per heavy atom. The second-order valence-corrected chi connectivity index (χ2v) is 5.84. The van der Waals surface area contributed by atoms with Crippen LogP contribution in [-0.4, -0.2) is 57.9 Å². The number of carbonyl (C=O) groups is 1. The number of amides is 1. The Labute approximate surface area is 122 Å². The largest absolute Gasteiger partial charge is 0.388 e. The Bertz CT molecular complexity index is 465. The van der Waals surface area contributed by atoms with Crippen molar-refractivity contribution in [2.75, 3.05) is 14.2 Å². The monoisotopic (exact) mass is 299 g/mol. The van der Waals surface area contributed by atoms with Crippen molar-refractivity contribution in [3.8, 4) is 0 Å². The molecule has 1 N–H and O–H groups in total. The number of ether oxygens (including phenoxy) is 1. The molecule has 1 aromatic heterocycles. The number of methoxy groups -OCH3 is 1. The third-order valence-corrected chi connectivity index (χ3v) is 4.73. The molecule has 0 spiro atoms. The summed E-state index contributed by atoms with van der Waals surface area (Å²) in [5.41, 5.74) is 0.723. The van der Waals surface area contributed by atoms with E-state index in [4.69, 9.17) is 4.74 Å². The molecule has 0 unspecified atom stereocenters. The van der Waals surface area contributed by atoms with Gasteiger partial charge in [0.1, 0.15) is 11.0 Å². The van der Waals surface area contributed by atoms with Crippen LogP contribution in [0.2, 0.25) is 0 Å². The summed E-state index contributed by atoms with van der Waals surface area (Å²) in [5.74, 6) is -0.113. The molecule has 1 aliphatic rings. The summed E-state index contributed by atoms with van der Waals surface area (Å²) in [6, 6.07) is -0.215. The molecule has 1 saturated carbocycles. The molecule has 2 rings (SSSR count). The molecule has 6 nitrogen and oxygen atoms in total. The van der Waals surface area contributed by atoms with Crippen LogP contribution in [0.3, 0.4) is 0 Å². The highest BCUT2D eigenvalue weighted by molar-refractivity contribution is 7.08. The minimum atomic E-state index is -0.645. The number of rotatable bonds is 4. The van der Waals surface area contributed by atoms with Crippen molar-refractivity contribution in [3.63, 3.8) is 0 Å². The number of aliphatic hydroxyl groups is 1. The van der Waals surface area contributed by atoms with Crippen molar-refractivity contribution >= 4 is 17.4 Å². The molecule has 0 bridgehead atoms. The topological polar surface area (TPSA) is 75.6 Å². The minimum Gasteiger partial charge on any atom is -0.388 e. The summed E-state index contributed by atoms with van der Waals surface area (Å²) in [4.78, 5) is 14.7. The number of aryl methyl sites for hydroxylation is 1. The summed E-state index contributed by atoms with van der Waals surface area (Å²) < 4.78 is 9.14. The summed E-state index contributed by atoms with van der Waals surface area (Å²) >= 11 is 1.12. The molecule has 1 heterocycles. The van der Waals surface area contributed by atoms with Gasteiger partial charge in [0, 0.05) is 14.2 Å². The third kappa shape index (κ3) is 2.84. The van der Waals surface area contributed by atoms with Gasteiger partial charge in [-0.1, -0.05) is 11.4 Å². The summed E-state index contributed by atoms with van der Waals surface area (Å²) in [6.07, 6.45) is 2.40. The van der Waals surface area contributed by atoms with Crippen molar-refractivity contribution in [2.45, 2.75) is 50.9 Å². The predicted octanol–water partition coefficient (Wildman–Crippen LogP) is 1.10. The summed E-state index contributed by atoms with van der Waals surface area (Å²) in [7, 11) is 3.33. The number of hydrogen-bond acceptors (Lipinski definition) is 6. The maximum Gasteiger partial charge on any atom is 0.267 e. The highest BCUT2D eigenvalue weighted by Gasteiger charge is 2.37. The lowest BCUT2D eigenvalue weighted by atomic mass is 9.89. The van der Waals surface area contributed by atoms with Gasteiger partial charge in [0.15, 0.2) is 0 Å². The fourth-order valence-electron chi connectivity index (χ4n) is 2.71. The lowest BCUT2D eigenvalue weighted by Gasteiger charge is -2.38. The van der Waals surface area contributed by atoms with E-state index in [1.54, 1.807) is 19.1 Å². The van der Waals surface area contributed by atoms with Gasteiger partial charge in [-0.3, -0.25) is 4.79 Å². The van der Waals surface area contributed by atoms with Crippen LogP contribution in [0.15, 0.2) is 0 Å². The van der Waals surface area contributed by atoms with Crippen molar-refractivity contribution in [1.82, 2.24) is 14.5 Å². The molecule has 1 aromatic rings. The summed E-state index contributed by atoms with van der Waals surface area (Å²) in [6.45, 7) is 1.95.